The van der Waals surface area contributed by atoms with Crippen molar-refractivity contribution in [2.75, 3.05) is 26.2 Å². The lowest BCUT2D eigenvalue weighted by Gasteiger charge is -2.38. The lowest BCUT2D eigenvalue weighted by atomic mass is 10.0. The van der Waals surface area contributed by atoms with Crippen LogP contribution in [0.25, 0.3) is 0 Å². The summed E-state index contributed by atoms with van der Waals surface area (Å²) in [7, 11) is 0. The summed E-state index contributed by atoms with van der Waals surface area (Å²) in [5.41, 5.74) is -0.142. The fourth-order valence-electron chi connectivity index (χ4n) is 3.20. The molecule has 2 aromatic rings. The number of carbonyl (C=O) groups excluding carboxylic acids is 1. The Bertz CT molecular complexity index is 891. The van der Waals surface area contributed by atoms with Crippen LogP contribution in [0.4, 0.5) is 5.69 Å². The number of halogens is 2. The van der Waals surface area contributed by atoms with E-state index in [2.05, 4.69) is 10.00 Å². The average Bonchev–Trinajstić information content (AvgIpc) is 3.15. The van der Waals surface area contributed by atoms with E-state index in [0.717, 1.165) is 11.8 Å². The van der Waals surface area contributed by atoms with Gasteiger partial charge in [0.2, 0.25) is 5.91 Å². The van der Waals surface area contributed by atoms with E-state index in [4.69, 9.17) is 23.2 Å². The van der Waals surface area contributed by atoms with Gasteiger partial charge in [-0.25, -0.2) is 0 Å². The summed E-state index contributed by atoms with van der Waals surface area (Å²) in [4.78, 5) is 27.3. The Kier molecular flexibility index (Phi) is 5.92. The third-order valence-corrected chi connectivity index (χ3v) is 5.53. The minimum absolute atomic E-state index is 0.116. The summed E-state index contributed by atoms with van der Waals surface area (Å²) in [5.74, 6) is -0.116. The molecule has 1 aromatic carbocycles. The second-order valence-electron chi connectivity index (χ2n) is 7.26. The second-order valence-corrected chi connectivity index (χ2v) is 8.11. The molecule has 0 atom stereocenters. The summed E-state index contributed by atoms with van der Waals surface area (Å²) in [6.07, 6.45) is 2.44. The molecule has 1 aromatic heterocycles. The Hall–Kier alpha value is -2.16. The quantitative estimate of drug-likeness (QED) is 0.542. The lowest BCUT2D eigenvalue weighted by Crippen LogP contribution is -2.54. The Balaban J connectivity index is 1.61. The van der Waals surface area contributed by atoms with Crippen LogP contribution in [0.3, 0.4) is 0 Å². The number of hydrogen-bond donors (Lipinski definition) is 0. The molecule has 150 valence electrons. The highest BCUT2D eigenvalue weighted by Gasteiger charge is 2.36. The van der Waals surface area contributed by atoms with Gasteiger partial charge in [-0.15, -0.1) is 0 Å². The number of nitro groups is 1. The van der Waals surface area contributed by atoms with Crippen molar-refractivity contribution in [1.29, 1.82) is 0 Å². The van der Waals surface area contributed by atoms with E-state index >= 15 is 0 Å². The first-order valence-corrected chi connectivity index (χ1v) is 9.59. The standard InChI is InChI=1S/C18H21Cl2N5O3/c1-18(2,24-12-15(10-21-24)25(27)28)17(26)23-7-5-22(6-8-23)11-13-3-4-14(19)9-16(13)20/h3-4,9-10,12H,5-8,11H2,1-2H3. The molecular weight excluding hydrogens is 405 g/mol. The minimum Gasteiger partial charge on any atom is -0.338 e. The van der Waals surface area contributed by atoms with Gasteiger partial charge in [0.1, 0.15) is 17.9 Å². The van der Waals surface area contributed by atoms with Gasteiger partial charge in [-0.1, -0.05) is 29.3 Å². The molecule has 8 nitrogen and oxygen atoms in total. The summed E-state index contributed by atoms with van der Waals surface area (Å²) < 4.78 is 1.35. The molecule has 1 saturated heterocycles. The van der Waals surface area contributed by atoms with Crippen LogP contribution in [0.15, 0.2) is 30.6 Å². The van der Waals surface area contributed by atoms with Crippen molar-refractivity contribution in [2.24, 2.45) is 0 Å². The highest BCUT2D eigenvalue weighted by Crippen LogP contribution is 2.24. The fraction of sp³-hybridized carbons (Fsp3) is 0.444. The van der Waals surface area contributed by atoms with Crippen molar-refractivity contribution < 1.29 is 9.72 Å². The normalized spacial score (nSPS) is 15.6. The van der Waals surface area contributed by atoms with E-state index in [0.29, 0.717) is 42.8 Å². The van der Waals surface area contributed by atoms with E-state index in [9.17, 15) is 14.9 Å². The molecule has 0 aliphatic carbocycles. The number of nitrogens with zero attached hydrogens (tertiary/aromatic N) is 5. The molecule has 3 rings (SSSR count). The Labute approximate surface area is 172 Å². The molecule has 28 heavy (non-hydrogen) atoms. The number of rotatable bonds is 5. The maximum Gasteiger partial charge on any atom is 0.307 e. The van der Waals surface area contributed by atoms with Crippen LogP contribution in [-0.4, -0.2) is 56.6 Å². The van der Waals surface area contributed by atoms with Gasteiger partial charge in [0, 0.05) is 42.8 Å². The largest absolute Gasteiger partial charge is 0.338 e. The second kappa shape index (κ2) is 8.06. The van der Waals surface area contributed by atoms with Crippen molar-refractivity contribution in [3.8, 4) is 0 Å². The van der Waals surface area contributed by atoms with E-state index in [1.54, 1.807) is 24.8 Å². The minimum atomic E-state index is -1.00. The van der Waals surface area contributed by atoms with Crippen molar-refractivity contribution in [1.82, 2.24) is 19.6 Å². The van der Waals surface area contributed by atoms with Gasteiger partial charge in [-0.05, 0) is 31.5 Å². The van der Waals surface area contributed by atoms with Gasteiger partial charge < -0.3 is 4.90 Å². The van der Waals surface area contributed by atoms with Gasteiger partial charge in [-0.2, -0.15) is 5.10 Å². The third kappa shape index (κ3) is 4.29. The van der Waals surface area contributed by atoms with Gasteiger partial charge in [0.15, 0.2) is 0 Å². The SMILES string of the molecule is CC(C)(C(=O)N1CCN(Cc2ccc(Cl)cc2Cl)CC1)n1cc([N+](=O)[O-])cn1. The molecular formula is C18H21Cl2N5O3. The van der Waals surface area contributed by atoms with Crippen LogP contribution < -0.4 is 0 Å². The first kappa shape index (κ1) is 20.6. The number of piperazine rings is 1. The first-order chi connectivity index (χ1) is 13.2. The van der Waals surface area contributed by atoms with Gasteiger partial charge >= 0.3 is 5.69 Å². The van der Waals surface area contributed by atoms with Crippen molar-refractivity contribution >= 4 is 34.8 Å². The Morgan fingerprint density at radius 3 is 2.50 bits per heavy atom. The molecule has 0 bridgehead atoms. The molecule has 2 heterocycles. The van der Waals surface area contributed by atoms with Crippen LogP contribution in [0, 0.1) is 10.1 Å². The van der Waals surface area contributed by atoms with Crippen LogP contribution in [0.1, 0.15) is 19.4 Å². The number of benzene rings is 1. The monoisotopic (exact) mass is 425 g/mol. The van der Waals surface area contributed by atoms with Crippen molar-refractivity contribution in [3.05, 3.63) is 56.3 Å². The molecule has 0 N–H and O–H groups in total. The molecule has 10 heteroatoms. The number of hydrogen-bond acceptors (Lipinski definition) is 5. The van der Waals surface area contributed by atoms with Crippen molar-refractivity contribution in [3.63, 3.8) is 0 Å². The number of aromatic nitrogens is 2. The molecule has 0 spiro atoms. The zero-order chi connectivity index (χ0) is 20.5. The van der Waals surface area contributed by atoms with Crippen LogP contribution in [0.5, 0.6) is 0 Å². The highest BCUT2D eigenvalue weighted by atomic mass is 35.5. The molecule has 0 unspecified atom stereocenters. The Morgan fingerprint density at radius 2 is 1.93 bits per heavy atom. The first-order valence-electron chi connectivity index (χ1n) is 8.83. The predicted octanol–water partition coefficient (Wildman–Crippen LogP) is 3.18. The third-order valence-electron chi connectivity index (χ3n) is 4.94. The molecule has 0 radical (unpaired) electrons. The van der Waals surface area contributed by atoms with Crippen LogP contribution in [-0.2, 0) is 16.9 Å². The summed E-state index contributed by atoms with van der Waals surface area (Å²) in [6, 6.07) is 5.45. The number of carbonyl (C=O) groups is 1. The summed E-state index contributed by atoms with van der Waals surface area (Å²) in [6.45, 7) is 6.67. The summed E-state index contributed by atoms with van der Waals surface area (Å²) in [5, 5.41) is 16.1. The molecule has 0 saturated carbocycles. The molecule has 1 fully saturated rings. The molecule has 1 amide bonds. The van der Waals surface area contributed by atoms with Crippen LogP contribution in [0.2, 0.25) is 10.0 Å². The lowest BCUT2D eigenvalue weighted by molar-refractivity contribution is -0.385. The fourth-order valence-corrected chi connectivity index (χ4v) is 3.67. The van der Waals surface area contributed by atoms with E-state index in [1.807, 2.05) is 12.1 Å². The van der Waals surface area contributed by atoms with Gasteiger partial charge in [0.25, 0.3) is 0 Å². The zero-order valence-electron chi connectivity index (χ0n) is 15.6. The predicted molar refractivity (Wildman–Crippen MR) is 107 cm³/mol. The van der Waals surface area contributed by atoms with E-state index < -0.39 is 10.5 Å². The molecule has 1 aliphatic heterocycles. The van der Waals surface area contributed by atoms with Crippen LogP contribution >= 0.6 is 23.2 Å². The number of amides is 1. The van der Waals surface area contributed by atoms with E-state index in [-0.39, 0.29) is 11.6 Å². The topological polar surface area (TPSA) is 84.5 Å². The summed E-state index contributed by atoms with van der Waals surface area (Å²) >= 11 is 12.2. The van der Waals surface area contributed by atoms with Gasteiger partial charge in [0.05, 0.1) is 4.92 Å². The smallest absolute Gasteiger partial charge is 0.307 e. The molecule has 1 aliphatic rings. The average molecular weight is 426 g/mol. The zero-order valence-corrected chi connectivity index (χ0v) is 17.2. The highest BCUT2D eigenvalue weighted by molar-refractivity contribution is 6.35. The maximum absolute atomic E-state index is 13.0. The Morgan fingerprint density at radius 1 is 1.25 bits per heavy atom. The maximum atomic E-state index is 13.0. The van der Waals surface area contributed by atoms with Crippen molar-refractivity contribution in [2.45, 2.75) is 25.9 Å². The van der Waals surface area contributed by atoms with Gasteiger partial charge in [-0.3, -0.25) is 24.5 Å². The van der Waals surface area contributed by atoms with E-state index in [1.165, 1.54) is 10.9 Å².